The molecular formula is C28H39F2N3O4S. The summed E-state index contributed by atoms with van der Waals surface area (Å²) < 4.78 is 32.0. The van der Waals surface area contributed by atoms with Crippen LogP contribution in [0.5, 0.6) is 0 Å². The van der Waals surface area contributed by atoms with Gasteiger partial charge in [-0.3, -0.25) is 4.79 Å². The van der Waals surface area contributed by atoms with Gasteiger partial charge in [-0.15, -0.1) is 0 Å². The standard InChI is InChI=1S/C28H39F2N3O4S/c1-4-6-10-38-18-25(32-28(36)37-3)27(35)33(16-20-9-7-8-19(5-2)11-20)17-26(34)24(31)14-21-12-22(29)15-23(30)13-21/h7-9,11-13,15,24-26,34H,4-6,10,14,16-18,31H2,1-3H3,(H,32,36)/t24-,25-,26+/m0/s1. The van der Waals surface area contributed by atoms with Gasteiger partial charge in [0.05, 0.1) is 13.2 Å². The number of alkyl carbamates (subject to hydrolysis) is 1. The van der Waals surface area contributed by atoms with E-state index in [1.165, 1.54) is 24.1 Å². The van der Waals surface area contributed by atoms with E-state index in [9.17, 15) is 23.5 Å². The minimum Gasteiger partial charge on any atom is -0.453 e. The molecule has 0 aromatic heterocycles. The summed E-state index contributed by atoms with van der Waals surface area (Å²) in [7, 11) is 1.23. The van der Waals surface area contributed by atoms with E-state index >= 15 is 0 Å². The molecule has 0 bridgehead atoms. The van der Waals surface area contributed by atoms with Crippen molar-refractivity contribution in [2.75, 3.05) is 25.2 Å². The Morgan fingerprint density at radius 2 is 1.79 bits per heavy atom. The zero-order chi connectivity index (χ0) is 28.1. The number of amides is 2. The fourth-order valence-electron chi connectivity index (χ4n) is 3.94. The van der Waals surface area contributed by atoms with Crippen molar-refractivity contribution in [3.63, 3.8) is 0 Å². The second-order valence-corrected chi connectivity index (χ2v) is 10.4. The first-order valence-corrected chi connectivity index (χ1v) is 14.0. The number of nitrogens with two attached hydrogens (primary N) is 1. The van der Waals surface area contributed by atoms with Gasteiger partial charge in [0.15, 0.2) is 0 Å². The van der Waals surface area contributed by atoms with Crippen LogP contribution >= 0.6 is 11.8 Å². The van der Waals surface area contributed by atoms with Crippen molar-refractivity contribution < 1.29 is 28.2 Å². The summed E-state index contributed by atoms with van der Waals surface area (Å²) in [5.74, 6) is -0.675. The van der Waals surface area contributed by atoms with E-state index < -0.39 is 35.9 Å². The number of methoxy groups -OCH3 is 1. The van der Waals surface area contributed by atoms with Crippen LogP contribution in [0.2, 0.25) is 0 Å². The van der Waals surface area contributed by atoms with E-state index in [1.807, 2.05) is 31.2 Å². The molecule has 0 aliphatic carbocycles. The summed E-state index contributed by atoms with van der Waals surface area (Å²) in [5.41, 5.74) is 8.47. The van der Waals surface area contributed by atoms with Gasteiger partial charge in [0, 0.05) is 31.0 Å². The molecule has 38 heavy (non-hydrogen) atoms. The van der Waals surface area contributed by atoms with Crippen LogP contribution in [0.25, 0.3) is 0 Å². The number of aliphatic hydroxyl groups excluding tert-OH is 1. The van der Waals surface area contributed by atoms with Crippen molar-refractivity contribution in [2.45, 2.75) is 64.3 Å². The Balaban J connectivity index is 2.26. The van der Waals surface area contributed by atoms with Crippen molar-refractivity contribution in [3.05, 3.63) is 70.8 Å². The Kier molecular flexibility index (Phi) is 13.5. The highest BCUT2D eigenvalue weighted by molar-refractivity contribution is 7.99. The van der Waals surface area contributed by atoms with E-state index in [-0.39, 0.29) is 25.4 Å². The summed E-state index contributed by atoms with van der Waals surface area (Å²) in [5, 5.41) is 13.6. The predicted octanol–water partition coefficient (Wildman–Crippen LogP) is 4.04. The third-order valence-corrected chi connectivity index (χ3v) is 7.23. The Labute approximate surface area is 228 Å². The highest BCUT2D eigenvalue weighted by Crippen LogP contribution is 2.16. The van der Waals surface area contributed by atoms with Crippen LogP contribution in [-0.2, 0) is 28.9 Å². The Morgan fingerprint density at radius 1 is 1.11 bits per heavy atom. The van der Waals surface area contributed by atoms with Gasteiger partial charge < -0.3 is 25.8 Å². The minimum atomic E-state index is -1.19. The molecular weight excluding hydrogens is 512 g/mol. The van der Waals surface area contributed by atoms with Gasteiger partial charge >= 0.3 is 6.09 Å². The van der Waals surface area contributed by atoms with Crippen LogP contribution in [0.3, 0.4) is 0 Å². The Hall–Kier alpha value is -2.69. The maximum absolute atomic E-state index is 13.7. The number of nitrogens with one attached hydrogen (secondary N) is 1. The molecule has 4 N–H and O–H groups in total. The average molecular weight is 552 g/mol. The lowest BCUT2D eigenvalue weighted by Gasteiger charge is -2.31. The quantitative estimate of drug-likeness (QED) is 0.289. The monoisotopic (exact) mass is 551 g/mol. The summed E-state index contributed by atoms with van der Waals surface area (Å²) in [6.07, 6.45) is 0.907. The third kappa shape index (κ3) is 10.6. The molecule has 0 saturated heterocycles. The molecule has 0 fully saturated rings. The van der Waals surface area contributed by atoms with Crippen LogP contribution in [0.4, 0.5) is 13.6 Å². The van der Waals surface area contributed by atoms with Gasteiger partial charge in [-0.05, 0) is 53.8 Å². The molecule has 0 aliphatic rings. The highest BCUT2D eigenvalue weighted by Gasteiger charge is 2.29. The molecule has 210 valence electrons. The molecule has 2 aromatic rings. The van der Waals surface area contributed by atoms with Gasteiger partial charge in [0.1, 0.15) is 17.7 Å². The number of nitrogens with zero attached hydrogens (tertiary/aromatic N) is 1. The SMILES string of the molecule is CCCCSC[C@H](NC(=O)OC)C(=O)N(Cc1cccc(CC)c1)C[C@@H](O)[C@@H](N)Cc1cc(F)cc(F)c1. The zero-order valence-electron chi connectivity index (χ0n) is 22.3. The minimum absolute atomic E-state index is 0.0138. The number of aryl methyl sites for hydroxylation is 1. The number of thioether (sulfide) groups is 1. The fraction of sp³-hybridized carbons (Fsp3) is 0.500. The Morgan fingerprint density at radius 3 is 2.42 bits per heavy atom. The third-order valence-electron chi connectivity index (χ3n) is 6.08. The van der Waals surface area contributed by atoms with Crippen LogP contribution < -0.4 is 11.1 Å². The molecule has 2 rings (SSSR count). The molecule has 0 unspecified atom stereocenters. The van der Waals surface area contributed by atoms with Gasteiger partial charge in [0.2, 0.25) is 5.91 Å². The second-order valence-electron chi connectivity index (χ2n) is 9.22. The number of aliphatic hydroxyl groups is 1. The highest BCUT2D eigenvalue weighted by atomic mass is 32.2. The molecule has 0 saturated carbocycles. The number of unbranched alkanes of at least 4 members (excludes halogenated alkanes) is 1. The maximum Gasteiger partial charge on any atom is 0.407 e. The molecule has 2 aromatic carbocycles. The normalized spacial score (nSPS) is 13.4. The van der Waals surface area contributed by atoms with Gasteiger partial charge in [-0.1, -0.05) is 44.5 Å². The molecule has 3 atom stereocenters. The number of rotatable bonds is 15. The summed E-state index contributed by atoms with van der Waals surface area (Å²) in [4.78, 5) is 27.2. The zero-order valence-corrected chi connectivity index (χ0v) is 23.1. The molecule has 0 spiro atoms. The number of hydrogen-bond donors (Lipinski definition) is 3. The van der Waals surface area contributed by atoms with Crippen LogP contribution in [-0.4, -0.2) is 65.4 Å². The number of benzene rings is 2. The first kappa shape index (κ1) is 31.5. The second kappa shape index (κ2) is 16.3. The number of carbonyl (C=O) groups is 2. The van der Waals surface area contributed by atoms with Crippen LogP contribution in [0, 0.1) is 11.6 Å². The van der Waals surface area contributed by atoms with Crippen molar-refractivity contribution in [1.82, 2.24) is 10.2 Å². The topological polar surface area (TPSA) is 105 Å². The largest absolute Gasteiger partial charge is 0.453 e. The van der Waals surface area contributed by atoms with Gasteiger partial charge in [0.25, 0.3) is 0 Å². The predicted molar refractivity (Wildman–Crippen MR) is 147 cm³/mol. The molecule has 0 heterocycles. The summed E-state index contributed by atoms with van der Waals surface area (Å²) in [6.45, 7) is 4.16. The van der Waals surface area contributed by atoms with E-state index in [4.69, 9.17) is 10.5 Å². The first-order chi connectivity index (χ1) is 18.2. The number of ether oxygens (including phenoxy) is 1. The van der Waals surface area contributed by atoms with E-state index in [0.717, 1.165) is 42.2 Å². The van der Waals surface area contributed by atoms with Gasteiger partial charge in [-0.2, -0.15) is 11.8 Å². The van der Waals surface area contributed by atoms with Crippen molar-refractivity contribution in [2.24, 2.45) is 5.73 Å². The number of hydrogen-bond acceptors (Lipinski definition) is 6. The molecule has 7 nitrogen and oxygen atoms in total. The van der Waals surface area contributed by atoms with Crippen LogP contribution in [0.15, 0.2) is 42.5 Å². The average Bonchev–Trinajstić information content (AvgIpc) is 2.88. The van der Waals surface area contributed by atoms with Crippen molar-refractivity contribution in [1.29, 1.82) is 0 Å². The smallest absolute Gasteiger partial charge is 0.407 e. The first-order valence-electron chi connectivity index (χ1n) is 12.8. The van der Waals surface area contributed by atoms with Gasteiger partial charge in [-0.25, -0.2) is 13.6 Å². The fourth-order valence-corrected chi connectivity index (χ4v) is 5.06. The lowest BCUT2D eigenvalue weighted by molar-refractivity contribution is -0.135. The lowest BCUT2D eigenvalue weighted by Crippen LogP contribution is -2.53. The Bertz CT molecular complexity index is 1020. The molecule has 2 amide bonds. The molecule has 0 aliphatic heterocycles. The summed E-state index contributed by atoms with van der Waals surface area (Å²) >= 11 is 1.55. The summed E-state index contributed by atoms with van der Waals surface area (Å²) in [6, 6.07) is 9.10. The number of halogens is 2. The maximum atomic E-state index is 13.7. The van der Waals surface area contributed by atoms with Crippen molar-refractivity contribution >= 4 is 23.8 Å². The van der Waals surface area contributed by atoms with Crippen LogP contribution in [0.1, 0.15) is 43.4 Å². The molecule has 10 heteroatoms. The van der Waals surface area contributed by atoms with E-state index in [1.54, 1.807) is 11.8 Å². The van der Waals surface area contributed by atoms with Crippen molar-refractivity contribution in [3.8, 4) is 0 Å². The lowest BCUT2D eigenvalue weighted by atomic mass is 10.0. The molecule has 0 radical (unpaired) electrons. The number of carbonyl (C=O) groups excluding carboxylic acids is 2. The van der Waals surface area contributed by atoms with E-state index in [2.05, 4.69) is 12.2 Å². The van der Waals surface area contributed by atoms with E-state index in [0.29, 0.717) is 11.3 Å².